The maximum Gasteiger partial charge on any atom is 0.225 e. The molecule has 0 aromatic carbocycles. The Labute approximate surface area is 97.9 Å². The lowest BCUT2D eigenvalue weighted by atomic mass is 10.0. The number of nitrogens with two attached hydrogens (primary N) is 1. The number of rotatable bonds is 5. The average Bonchev–Trinajstić information content (AvgIpc) is 2.29. The lowest BCUT2D eigenvalue weighted by Gasteiger charge is -2.34. The third kappa shape index (κ3) is 2.92. The molecule has 1 heterocycles. The molecule has 0 radical (unpaired) electrons. The van der Waals surface area contributed by atoms with Gasteiger partial charge in [0.05, 0.1) is 0 Å². The molecule has 0 fully saturated rings. The zero-order valence-corrected chi connectivity index (χ0v) is 10.7. The van der Waals surface area contributed by atoms with E-state index < -0.39 is 0 Å². The highest BCUT2D eigenvalue weighted by molar-refractivity contribution is 5.32. The van der Waals surface area contributed by atoms with E-state index in [2.05, 4.69) is 35.6 Å². The summed E-state index contributed by atoms with van der Waals surface area (Å²) < 4.78 is 0. The average molecular weight is 222 g/mol. The van der Waals surface area contributed by atoms with Gasteiger partial charge in [-0.05, 0) is 38.8 Å². The molecular weight excluding hydrogens is 200 g/mol. The van der Waals surface area contributed by atoms with Crippen LogP contribution in [0.2, 0.25) is 0 Å². The summed E-state index contributed by atoms with van der Waals surface area (Å²) >= 11 is 0. The molecule has 0 aliphatic heterocycles. The van der Waals surface area contributed by atoms with Crippen LogP contribution in [-0.4, -0.2) is 29.1 Å². The first kappa shape index (κ1) is 12.9. The highest BCUT2D eigenvalue weighted by atomic mass is 15.3. The zero-order chi connectivity index (χ0) is 12.2. The second-order valence-corrected chi connectivity index (χ2v) is 4.65. The van der Waals surface area contributed by atoms with Gasteiger partial charge < -0.3 is 10.6 Å². The van der Waals surface area contributed by atoms with Gasteiger partial charge in [-0.15, -0.1) is 0 Å². The largest absolute Gasteiger partial charge is 0.339 e. The van der Waals surface area contributed by atoms with Gasteiger partial charge in [0.25, 0.3) is 0 Å². The molecule has 90 valence electrons. The third-order valence-electron chi connectivity index (χ3n) is 3.20. The van der Waals surface area contributed by atoms with Crippen LogP contribution < -0.4 is 10.6 Å². The lowest BCUT2D eigenvalue weighted by molar-refractivity contribution is 0.463. The van der Waals surface area contributed by atoms with Crippen LogP contribution in [0.1, 0.15) is 32.8 Å². The van der Waals surface area contributed by atoms with E-state index in [1.54, 1.807) is 0 Å². The van der Waals surface area contributed by atoms with Crippen LogP contribution in [0, 0.1) is 0 Å². The highest BCUT2D eigenvalue weighted by Gasteiger charge is 2.23. The smallest absolute Gasteiger partial charge is 0.225 e. The van der Waals surface area contributed by atoms with E-state index in [0.29, 0.717) is 6.54 Å². The van der Waals surface area contributed by atoms with Gasteiger partial charge in [-0.2, -0.15) is 0 Å². The van der Waals surface area contributed by atoms with Crippen molar-refractivity contribution in [3.8, 4) is 0 Å². The molecule has 4 heteroatoms. The molecular formula is C12H22N4. The fourth-order valence-electron chi connectivity index (χ4n) is 1.32. The third-order valence-corrected chi connectivity index (χ3v) is 3.20. The van der Waals surface area contributed by atoms with Gasteiger partial charge in [0.2, 0.25) is 5.95 Å². The van der Waals surface area contributed by atoms with Crippen molar-refractivity contribution in [3.63, 3.8) is 0 Å². The monoisotopic (exact) mass is 222 g/mol. The van der Waals surface area contributed by atoms with Crippen molar-refractivity contribution in [1.82, 2.24) is 9.97 Å². The summed E-state index contributed by atoms with van der Waals surface area (Å²) in [5.41, 5.74) is 6.65. The second-order valence-electron chi connectivity index (χ2n) is 4.65. The standard InChI is InChI=1S/C12H22N4/c1-5-12(2,3)16(4)11-14-8-10(6-7-13)9-15-11/h8-9H,5-7,13H2,1-4H3. The summed E-state index contributed by atoms with van der Waals surface area (Å²) in [7, 11) is 2.03. The van der Waals surface area contributed by atoms with E-state index in [-0.39, 0.29) is 5.54 Å². The van der Waals surface area contributed by atoms with Gasteiger partial charge in [-0.3, -0.25) is 0 Å². The minimum Gasteiger partial charge on any atom is -0.339 e. The van der Waals surface area contributed by atoms with Crippen LogP contribution >= 0.6 is 0 Å². The first-order valence-electron chi connectivity index (χ1n) is 5.76. The van der Waals surface area contributed by atoms with Crippen LogP contribution in [0.15, 0.2) is 12.4 Å². The molecule has 2 N–H and O–H groups in total. The zero-order valence-electron chi connectivity index (χ0n) is 10.7. The maximum atomic E-state index is 5.48. The molecule has 0 aliphatic rings. The maximum absolute atomic E-state index is 5.48. The van der Waals surface area contributed by atoms with E-state index in [9.17, 15) is 0 Å². The van der Waals surface area contributed by atoms with E-state index >= 15 is 0 Å². The Morgan fingerprint density at radius 2 is 1.88 bits per heavy atom. The SMILES string of the molecule is CCC(C)(C)N(C)c1ncc(CCN)cn1. The van der Waals surface area contributed by atoms with E-state index in [1.807, 2.05) is 19.4 Å². The molecule has 0 amide bonds. The number of anilines is 1. The Balaban J connectivity index is 2.81. The Hall–Kier alpha value is -1.16. The van der Waals surface area contributed by atoms with Crippen LogP contribution in [0.5, 0.6) is 0 Å². The Morgan fingerprint density at radius 3 is 2.31 bits per heavy atom. The normalized spacial score (nSPS) is 11.6. The lowest BCUT2D eigenvalue weighted by Crippen LogP contribution is -2.41. The van der Waals surface area contributed by atoms with Crippen LogP contribution in [0.4, 0.5) is 5.95 Å². The molecule has 0 bridgehead atoms. The fraction of sp³-hybridized carbons (Fsp3) is 0.667. The van der Waals surface area contributed by atoms with Gasteiger partial charge in [0.1, 0.15) is 0 Å². The quantitative estimate of drug-likeness (QED) is 0.822. The van der Waals surface area contributed by atoms with Crippen molar-refractivity contribution in [2.45, 2.75) is 39.2 Å². The van der Waals surface area contributed by atoms with Gasteiger partial charge in [-0.1, -0.05) is 6.92 Å². The molecule has 1 aromatic heterocycles. The molecule has 0 saturated heterocycles. The van der Waals surface area contributed by atoms with Crippen LogP contribution in [0.25, 0.3) is 0 Å². The van der Waals surface area contributed by atoms with Crippen LogP contribution in [-0.2, 0) is 6.42 Å². The molecule has 0 unspecified atom stereocenters. The molecule has 0 atom stereocenters. The van der Waals surface area contributed by atoms with Gasteiger partial charge in [-0.25, -0.2) is 9.97 Å². The minimum atomic E-state index is 0.0788. The molecule has 16 heavy (non-hydrogen) atoms. The summed E-state index contributed by atoms with van der Waals surface area (Å²) in [6.45, 7) is 7.17. The van der Waals surface area contributed by atoms with Crippen molar-refractivity contribution in [2.75, 3.05) is 18.5 Å². The number of aromatic nitrogens is 2. The summed E-state index contributed by atoms with van der Waals surface area (Å²) in [4.78, 5) is 10.9. The highest BCUT2D eigenvalue weighted by Crippen LogP contribution is 2.20. The number of hydrogen-bond acceptors (Lipinski definition) is 4. The minimum absolute atomic E-state index is 0.0788. The summed E-state index contributed by atoms with van der Waals surface area (Å²) in [5.74, 6) is 0.771. The van der Waals surface area contributed by atoms with Crippen molar-refractivity contribution in [1.29, 1.82) is 0 Å². The number of hydrogen-bond donors (Lipinski definition) is 1. The fourth-order valence-corrected chi connectivity index (χ4v) is 1.32. The predicted octanol–water partition coefficient (Wildman–Crippen LogP) is 1.60. The van der Waals surface area contributed by atoms with E-state index in [4.69, 9.17) is 5.73 Å². The Bertz CT molecular complexity index is 318. The molecule has 1 aromatic rings. The molecule has 0 spiro atoms. The van der Waals surface area contributed by atoms with Gasteiger partial charge >= 0.3 is 0 Å². The second kappa shape index (κ2) is 5.25. The first-order valence-corrected chi connectivity index (χ1v) is 5.76. The van der Waals surface area contributed by atoms with E-state index in [1.165, 1.54) is 0 Å². The van der Waals surface area contributed by atoms with Crippen molar-refractivity contribution in [3.05, 3.63) is 18.0 Å². The van der Waals surface area contributed by atoms with Gasteiger partial charge in [0.15, 0.2) is 0 Å². The summed E-state index contributed by atoms with van der Waals surface area (Å²) in [6.07, 6.45) is 5.60. The number of nitrogens with zero attached hydrogens (tertiary/aromatic N) is 3. The molecule has 0 saturated carbocycles. The molecule has 1 rings (SSSR count). The van der Waals surface area contributed by atoms with Crippen LogP contribution in [0.3, 0.4) is 0 Å². The first-order chi connectivity index (χ1) is 7.51. The summed E-state index contributed by atoms with van der Waals surface area (Å²) in [5, 5.41) is 0. The summed E-state index contributed by atoms with van der Waals surface area (Å²) in [6, 6.07) is 0. The van der Waals surface area contributed by atoms with Crippen molar-refractivity contribution in [2.24, 2.45) is 5.73 Å². The van der Waals surface area contributed by atoms with Crippen molar-refractivity contribution < 1.29 is 0 Å². The van der Waals surface area contributed by atoms with E-state index in [0.717, 1.165) is 24.4 Å². The van der Waals surface area contributed by atoms with Crippen molar-refractivity contribution >= 4 is 5.95 Å². The Morgan fingerprint density at radius 1 is 1.31 bits per heavy atom. The van der Waals surface area contributed by atoms with Gasteiger partial charge in [0, 0.05) is 25.0 Å². The molecule has 0 aliphatic carbocycles. The predicted molar refractivity (Wildman–Crippen MR) is 67.6 cm³/mol. The molecule has 4 nitrogen and oxygen atoms in total. The topological polar surface area (TPSA) is 55.0 Å². The Kier molecular flexibility index (Phi) is 4.24.